The predicted octanol–water partition coefficient (Wildman–Crippen LogP) is 1.80. The molecule has 108 valence electrons. The molecular weight excluding hydrogens is 297 g/mol. The summed E-state index contributed by atoms with van der Waals surface area (Å²) in [5, 5.41) is 0. The van der Waals surface area contributed by atoms with Crippen LogP contribution in [0.2, 0.25) is 0 Å². The van der Waals surface area contributed by atoms with Gasteiger partial charge in [-0.15, -0.1) is 0 Å². The van der Waals surface area contributed by atoms with E-state index in [9.17, 15) is 17.6 Å². The SMILES string of the molecule is O=c1[nH]c2ccc(NS(=O)(=O)c3cccc(F)c3)cc2[nH]1. The summed E-state index contributed by atoms with van der Waals surface area (Å²) < 4.78 is 39.7. The number of H-pyrrole nitrogens is 2. The molecule has 3 aromatic rings. The zero-order chi connectivity index (χ0) is 15.0. The molecule has 0 aliphatic heterocycles. The molecule has 21 heavy (non-hydrogen) atoms. The first-order chi connectivity index (χ1) is 9.94. The molecule has 3 rings (SSSR count). The maximum Gasteiger partial charge on any atom is 0.323 e. The number of sulfonamides is 1. The minimum Gasteiger partial charge on any atom is -0.306 e. The van der Waals surface area contributed by atoms with Gasteiger partial charge in [0, 0.05) is 0 Å². The van der Waals surface area contributed by atoms with Crippen LogP contribution in [0.4, 0.5) is 10.1 Å². The van der Waals surface area contributed by atoms with Crippen molar-refractivity contribution in [1.29, 1.82) is 0 Å². The Morgan fingerprint density at radius 1 is 1.00 bits per heavy atom. The van der Waals surface area contributed by atoms with Gasteiger partial charge in [-0.2, -0.15) is 0 Å². The molecule has 0 amide bonds. The van der Waals surface area contributed by atoms with Gasteiger partial charge in [0.05, 0.1) is 21.6 Å². The van der Waals surface area contributed by atoms with Crippen LogP contribution in [0.25, 0.3) is 11.0 Å². The van der Waals surface area contributed by atoms with Crippen molar-refractivity contribution in [3.63, 3.8) is 0 Å². The van der Waals surface area contributed by atoms with E-state index >= 15 is 0 Å². The first kappa shape index (κ1) is 13.4. The number of hydrogen-bond donors (Lipinski definition) is 3. The van der Waals surface area contributed by atoms with Crippen molar-refractivity contribution >= 4 is 26.7 Å². The third kappa shape index (κ3) is 2.65. The van der Waals surface area contributed by atoms with Gasteiger partial charge < -0.3 is 9.97 Å². The van der Waals surface area contributed by atoms with Gasteiger partial charge in [-0.1, -0.05) is 6.07 Å². The molecule has 1 heterocycles. The Hall–Kier alpha value is -2.61. The number of benzene rings is 2. The summed E-state index contributed by atoms with van der Waals surface area (Å²) in [5.41, 5.74) is 0.922. The summed E-state index contributed by atoms with van der Waals surface area (Å²) in [6.07, 6.45) is 0. The number of aromatic nitrogens is 2. The number of nitrogens with one attached hydrogen (secondary N) is 3. The van der Waals surface area contributed by atoms with Gasteiger partial charge in [-0.3, -0.25) is 4.72 Å². The lowest BCUT2D eigenvalue weighted by atomic mass is 10.3. The van der Waals surface area contributed by atoms with Crippen LogP contribution in [0.15, 0.2) is 52.2 Å². The van der Waals surface area contributed by atoms with Gasteiger partial charge in [0.25, 0.3) is 10.0 Å². The molecule has 0 unspecified atom stereocenters. The molecule has 0 bridgehead atoms. The van der Waals surface area contributed by atoms with Gasteiger partial charge in [-0.05, 0) is 36.4 Å². The van der Waals surface area contributed by atoms with E-state index in [0.29, 0.717) is 11.0 Å². The van der Waals surface area contributed by atoms with Crippen molar-refractivity contribution < 1.29 is 12.8 Å². The molecule has 0 atom stereocenters. The Labute approximate surface area is 118 Å². The molecule has 0 aliphatic carbocycles. The van der Waals surface area contributed by atoms with E-state index in [2.05, 4.69) is 14.7 Å². The average Bonchev–Trinajstić information content (AvgIpc) is 2.77. The second-order valence-electron chi connectivity index (χ2n) is 4.40. The average molecular weight is 307 g/mol. The van der Waals surface area contributed by atoms with Crippen LogP contribution in [0.3, 0.4) is 0 Å². The Kier molecular flexibility index (Phi) is 3.02. The first-order valence-electron chi connectivity index (χ1n) is 5.94. The summed E-state index contributed by atoms with van der Waals surface area (Å²) >= 11 is 0. The van der Waals surface area contributed by atoms with Crippen LogP contribution < -0.4 is 10.4 Å². The van der Waals surface area contributed by atoms with Crippen molar-refractivity contribution in [2.45, 2.75) is 4.90 Å². The molecule has 1 aromatic heterocycles. The third-order valence-electron chi connectivity index (χ3n) is 2.87. The van der Waals surface area contributed by atoms with E-state index in [1.54, 1.807) is 6.07 Å². The highest BCUT2D eigenvalue weighted by atomic mass is 32.2. The van der Waals surface area contributed by atoms with Crippen LogP contribution in [0, 0.1) is 5.82 Å². The van der Waals surface area contributed by atoms with Crippen LogP contribution in [0.5, 0.6) is 0 Å². The minimum atomic E-state index is -3.89. The molecule has 8 heteroatoms. The van der Waals surface area contributed by atoms with Gasteiger partial charge >= 0.3 is 5.69 Å². The summed E-state index contributed by atoms with van der Waals surface area (Å²) in [4.78, 5) is 16.1. The second-order valence-corrected chi connectivity index (χ2v) is 6.08. The van der Waals surface area contributed by atoms with E-state index in [1.807, 2.05) is 0 Å². The number of aromatic amines is 2. The Bertz CT molecular complexity index is 975. The first-order valence-corrected chi connectivity index (χ1v) is 7.43. The number of anilines is 1. The minimum absolute atomic E-state index is 0.176. The highest BCUT2D eigenvalue weighted by molar-refractivity contribution is 7.92. The fourth-order valence-electron chi connectivity index (χ4n) is 1.94. The molecule has 0 radical (unpaired) electrons. The fraction of sp³-hybridized carbons (Fsp3) is 0. The lowest BCUT2D eigenvalue weighted by Gasteiger charge is -2.08. The van der Waals surface area contributed by atoms with Crippen LogP contribution in [-0.2, 0) is 10.0 Å². The molecule has 0 fully saturated rings. The summed E-state index contributed by atoms with van der Waals surface area (Å²) in [6.45, 7) is 0. The monoisotopic (exact) mass is 307 g/mol. The van der Waals surface area contributed by atoms with Gasteiger partial charge in [-0.25, -0.2) is 17.6 Å². The summed E-state index contributed by atoms with van der Waals surface area (Å²) in [7, 11) is -3.89. The molecule has 6 nitrogen and oxygen atoms in total. The smallest absolute Gasteiger partial charge is 0.306 e. The topological polar surface area (TPSA) is 94.8 Å². The summed E-state index contributed by atoms with van der Waals surface area (Å²) in [5.74, 6) is -0.636. The number of hydrogen-bond acceptors (Lipinski definition) is 3. The Balaban J connectivity index is 1.98. The lowest BCUT2D eigenvalue weighted by molar-refractivity contribution is 0.595. The molecule has 0 saturated heterocycles. The normalized spacial score (nSPS) is 11.7. The zero-order valence-electron chi connectivity index (χ0n) is 10.6. The largest absolute Gasteiger partial charge is 0.323 e. The van der Waals surface area contributed by atoms with Crippen molar-refractivity contribution in [3.8, 4) is 0 Å². The maximum absolute atomic E-state index is 13.1. The fourth-order valence-corrected chi connectivity index (χ4v) is 3.02. The Morgan fingerprint density at radius 3 is 2.52 bits per heavy atom. The maximum atomic E-state index is 13.1. The standard InChI is InChI=1S/C13H10FN3O3S/c14-8-2-1-3-10(6-8)21(19,20)17-9-4-5-11-12(7-9)16-13(18)15-11/h1-7,17H,(H2,15,16,18). The lowest BCUT2D eigenvalue weighted by Crippen LogP contribution is -2.13. The van der Waals surface area contributed by atoms with E-state index in [0.717, 1.165) is 12.1 Å². The van der Waals surface area contributed by atoms with Crippen LogP contribution >= 0.6 is 0 Å². The molecule has 0 spiro atoms. The zero-order valence-corrected chi connectivity index (χ0v) is 11.4. The molecule has 3 N–H and O–H groups in total. The highest BCUT2D eigenvalue weighted by Gasteiger charge is 2.15. The highest BCUT2D eigenvalue weighted by Crippen LogP contribution is 2.19. The number of imidazole rings is 1. The van der Waals surface area contributed by atoms with E-state index in [4.69, 9.17) is 0 Å². The third-order valence-corrected chi connectivity index (χ3v) is 4.25. The molecular formula is C13H10FN3O3S. The van der Waals surface area contributed by atoms with Crippen LogP contribution in [0.1, 0.15) is 0 Å². The van der Waals surface area contributed by atoms with Crippen molar-refractivity contribution in [1.82, 2.24) is 9.97 Å². The van der Waals surface area contributed by atoms with Crippen molar-refractivity contribution in [2.75, 3.05) is 4.72 Å². The van der Waals surface area contributed by atoms with E-state index in [-0.39, 0.29) is 16.3 Å². The number of fused-ring (bicyclic) bond motifs is 1. The van der Waals surface area contributed by atoms with E-state index < -0.39 is 15.8 Å². The predicted molar refractivity (Wildman–Crippen MR) is 76.1 cm³/mol. The number of rotatable bonds is 3. The van der Waals surface area contributed by atoms with Gasteiger partial charge in [0.2, 0.25) is 0 Å². The van der Waals surface area contributed by atoms with Gasteiger partial charge in [0.15, 0.2) is 0 Å². The quantitative estimate of drug-likeness (QED) is 0.688. The van der Waals surface area contributed by atoms with Crippen LogP contribution in [-0.4, -0.2) is 18.4 Å². The summed E-state index contributed by atoms with van der Waals surface area (Å²) in [6, 6.07) is 9.25. The Morgan fingerprint density at radius 2 is 1.76 bits per heavy atom. The van der Waals surface area contributed by atoms with Crippen molar-refractivity contribution in [3.05, 3.63) is 58.8 Å². The molecule has 2 aromatic carbocycles. The van der Waals surface area contributed by atoms with E-state index in [1.165, 1.54) is 24.3 Å². The second kappa shape index (κ2) is 4.74. The molecule has 0 saturated carbocycles. The number of halogens is 1. The van der Waals surface area contributed by atoms with Gasteiger partial charge in [0.1, 0.15) is 5.82 Å². The molecule has 0 aliphatic rings. The van der Waals surface area contributed by atoms with Crippen molar-refractivity contribution in [2.24, 2.45) is 0 Å².